The molecule has 3 aliphatic rings. The second-order valence-corrected chi connectivity index (χ2v) is 7.35. The van der Waals surface area contributed by atoms with Crippen LogP contribution in [0.2, 0.25) is 0 Å². The Labute approximate surface area is 122 Å². The number of nitrogens with one attached hydrogen (secondary N) is 1. The summed E-state index contributed by atoms with van der Waals surface area (Å²) >= 11 is 0. The van der Waals surface area contributed by atoms with E-state index >= 15 is 0 Å². The van der Waals surface area contributed by atoms with Crippen LogP contribution >= 0.6 is 0 Å². The molecule has 3 fully saturated rings. The fraction of sp³-hybridized carbons (Fsp3) is 0.938. The van der Waals surface area contributed by atoms with Crippen molar-refractivity contribution < 1.29 is 4.79 Å². The SMILES string of the molecule is CN(CC1CCC1)C1CCCC(NC2CC2)(C(N)=O)C1. The third-order valence-electron chi connectivity index (χ3n) is 5.65. The van der Waals surface area contributed by atoms with Crippen LogP contribution in [0.4, 0.5) is 0 Å². The van der Waals surface area contributed by atoms with Gasteiger partial charge in [0, 0.05) is 18.6 Å². The van der Waals surface area contributed by atoms with Crippen LogP contribution in [0, 0.1) is 5.92 Å². The first kappa shape index (κ1) is 14.3. The van der Waals surface area contributed by atoms with Gasteiger partial charge in [-0.25, -0.2) is 0 Å². The Morgan fingerprint density at radius 2 is 2.00 bits per heavy atom. The molecule has 1 amide bonds. The van der Waals surface area contributed by atoms with Gasteiger partial charge < -0.3 is 16.0 Å². The van der Waals surface area contributed by atoms with Crippen molar-refractivity contribution in [3.8, 4) is 0 Å². The molecule has 0 heterocycles. The number of primary amides is 1. The molecule has 2 atom stereocenters. The number of hydrogen-bond donors (Lipinski definition) is 2. The zero-order valence-electron chi connectivity index (χ0n) is 12.7. The maximum atomic E-state index is 12.0. The van der Waals surface area contributed by atoms with Crippen molar-refractivity contribution >= 4 is 5.91 Å². The van der Waals surface area contributed by atoms with Crippen LogP contribution in [-0.2, 0) is 4.79 Å². The molecule has 3 saturated carbocycles. The molecule has 0 aromatic rings. The summed E-state index contributed by atoms with van der Waals surface area (Å²) in [7, 11) is 2.23. The monoisotopic (exact) mass is 279 g/mol. The summed E-state index contributed by atoms with van der Waals surface area (Å²) in [6.45, 7) is 1.20. The van der Waals surface area contributed by atoms with Gasteiger partial charge >= 0.3 is 0 Å². The molecule has 4 heteroatoms. The van der Waals surface area contributed by atoms with E-state index in [-0.39, 0.29) is 5.91 Å². The van der Waals surface area contributed by atoms with Crippen LogP contribution in [0.25, 0.3) is 0 Å². The summed E-state index contributed by atoms with van der Waals surface area (Å²) in [5.41, 5.74) is 5.33. The Morgan fingerprint density at radius 1 is 1.25 bits per heavy atom. The van der Waals surface area contributed by atoms with E-state index in [1.165, 1.54) is 45.1 Å². The quantitative estimate of drug-likeness (QED) is 0.777. The molecule has 3 aliphatic carbocycles. The smallest absolute Gasteiger partial charge is 0.237 e. The van der Waals surface area contributed by atoms with Gasteiger partial charge in [-0.3, -0.25) is 4.79 Å². The van der Waals surface area contributed by atoms with Gasteiger partial charge in [-0.15, -0.1) is 0 Å². The van der Waals surface area contributed by atoms with Crippen LogP contribution in [0.3, 0.4) is 0 Å². The van der Waals surface area contributed by atoms with Crippen molar-refractivity contribution in [3.05, 3.63) is 0 Å². The minimum atomic E-state index is -0.433. The molecular formula is C16H29N3O. The van der Waals surface area contributed by atoms with Crippen LogP contribution < -0.4 is 11.1 Å². The lowest BCUT2D eigenvalue weighted by atomic mass is 9.77. The standard InChI is InChI=1S/C16H29N3O/c1-19(11-12-4-2-5-12)14-6-3-9-16(10-14,15(17)20)18-13-7-8-13/h12-14,18H,2-11H2,1H3,(H2,17,20). The van der Waals surface area contributed by atoms with Gasteiger partial charge in [0.15, 0.2) is 0 Å². The lowest BCUT2D eigenvalue weighted by Crippen LogP contribution is -2.61. The minimum Gasteiger partial charge on any atom is -0.368 e. The zero-order valence-corrected chi connectivity index (χ0v) is 12.7. The van der Waals surface area contributed by atoms with E-state index in [0.717, 1.165) is 25.2 Å². The minimum absolute atomic E-state index is 0.133. The molecule has 0 aromatic heterocycles. The average molecular weight is 279 g/mol. The first-order chi connectivity index (χ1) is 9.59. The number of nitrogens with two attached hydrogens (primary N) is 1. The van der Waals surface area contributed by atoms with Crippen LogP contribution in [-0.4, -0.2) is 42.0 Å². The van der Waals surface area contributed by atoms with Gasteiger partial charge in [-0.2, -0.15) is 0 Å². The number of rotatable bonds is 6. The van der Waals surface area contributed by atoms with Crippen LogP contribution in [0.15, 0.2) is 0 Å². The van der Waals surface area contributed by atoms with Crippen molar-refractivity contribution in [3.63, 3.8) is 0 Å². The van der Waals surface area contributed by atoms with Gasteiger partial charge in [-0.1, -0.05) is 6.42 Å². The highest BCUT2D eigenvalue weighted by Gasteiger charge is 2.45. The highest BCUT2D eigenvalue weighted by atomic mass is 16.1. The molecule has 2 unspecified atom stereocenters. The van der Waals surface area contributed by atoms with Gasteiger partial charge in [-0.05, 0) is 64.3 Å². The Morgan fingerprint density at radius 3 is 2.55 bits per heavy atom. The maximum Gasteiger partial charge on any atom is 0.237 e. The number of nitrogens with zero attached hydrogens (tertiary/aromatic N) is 1. The van der Waals surface area contributed by atoms with Gasteiger partial charge in [0.2, 0.25) is 5.91 Å². The van der Waals surface area contributed by atoms with E-state index in [1.54, 1.807) is 0 Å². The van der Waals surface area contributed by atoms with Gasteiger partial charge in [0.25, 0.3) is 0 Å². The molecule has 3 N–H and O–H groups in total. The second-order valence-electron chi connectivity index (χ2n) is 7.35. The summed E-state index contributed by atoms with van der Waals surface area (Å²) in [6, 6.07) is 1.06. The Kier molecular flexibility index (Phi) is 4.04. The Bertz CT molecular complexity index is 365. The summed E-state index contributed by atoms with van der Waals surface area (Å²) in [5.74, 6) is 0.757. The largest absolute Gasteiger partial charge is 0.368 e. The Hall–Kier alpha value is -0.610. The topological polar surface area (TPSA) is 58.4 Å². The van der Waals surface area contributed by atoms with E-state index in [4.69, 9.17) is 5.73 Å². The van der Waals surface area contributed by atoms with Crippen molar-refractivity contribution in [2.75, 3.05) is 13.6 Å². The fourth-order valence-corrected chi connectivity index (χ4v) is 3.90. The summed E-state index contributed by atoms with van der Waals surface area (Å²) in [4.78, 5) is 14.5. The first-order valence-electron chi connectivity index (χ1n) is 8.37. The lowest BCUT2D eigenvalue weighted by molar-refractivity contribution is -0.126. The van der Waals surface area contributed by atoms with Crippen molar-refractivity contribution in [1.29, 1.82) is 0 Å². The normalized spacial score (nSPS) is 35.0. The van der Waals surface area contributed by atoms with E-state index in [9.17, 15) is 4.79 Å². The number of carbonyl (C=O) groups excluding carboxylic acids is 1. The molecule has 0 saturated heterocycles. The van der Waals surface area contributed by atoms with E-state index in [2.05, 4.69) is 17.3 Å². The molecule has 114 valence electrons. The van der Waals surface area contributed by atoms with Crippen molar-refractivity contribution in [1.82, 2.24) is 10.2 Å². The third-order valence-corrected chi connectivity index (χ3v) is 5.65. The molecule has 3 rings (SSSR count). The molecule has 0 aliphatic heterocycles. The summed E-state index contributed by atoms with van der Waals surface area (Å²) in [6.07, 6.45) is 10.7. The molecule has 4 nitrogen and oxygen atoms in total. The predicted octanol–water partition coefficient (Wildman–Crippen LogP) is 1.64. The number of amides is 1. The maximum absolute atomic E-state index is 12.0. The van der Waals surface area contributed by atoms with Crippen LogP contribution in [0.1, 0.15) is 57.8 Å². The van der Waals surface area contributed by atoms with Crippen molar-refractivity contribution in [2.24, 2.45) is 11.7 Å². The average Bonchev–Trinajstić information content (AvgIpc) is 3.17. The summed E-state index contributed by atoms with van der Waals surface area (Å²) in [5, 5.41) is 3.57. The molecule has 20 heavy (non-hydrogen) atoms. The van der Waals surface area contributed by atoms with E-state index in [1.807, 2.05) is 0 Å². The number of hydrogen-bond acceptors (Lipinski definition) is 3. The molecular weight excluding hydrogens is 250 g/mol. The van der Waals surface area contributed by atoms with E-state index in [0.29, 0.717) is 12.1 Å². The second kappa shape index (κ2) is 5.64. The zero-order chi connectivity index (χ0) is 14.2. The fourth-order valence-electron chi connectivity index (χ4n) is 3.90. The number of carbonyl (C=O) groups is 1. The molecule has 0 radical (unpaired) electrons. The highest BCUT2D eigenvalue weighted by Crippen LogP contribution is 2.35. The Balaban J connectivity index is 1.61. The predicted molar refractivity (Wildman–Crippen MR) is 80.3 cm³/mol. The molecule has 0 aromatic carbocycles. The van der Waals surface area contributed by atoms with E-state index < -0.39 is 5.54 Å². The molecule has 0 bridgehead atoms. The first-order valence-corrected chi connectivity index (χ1v) is 8.37. The van der Waals surface area contributed by atoms with Crippen LogP contribution in [0.5, 0.6) is 0 Å². The lowest BCUT2D eigenvalue weighted by Gasteiger charge is -2.44. The highest BCUT2D eigenvalue weighted by molar-refractivity contribution is 5.85. The third kappa shape index (κ3) is 3.01. The molecule has 0 spiro atoms. The van der Waals surface area contributed by atoms with Gasteiger partial charge in [0.1, 0.15) is 0 Å². The van der Waals surface area contributed by atoms with Crippen molar-refractivity contribution in [2.45, 2.75) is 75.4 Å². The van der Waals surface area contributed by atoms with Gasteiger partial charge in [0.05, 0.1) is 5.54 Å². The summed E-state index contributed by atoms with van der Waals surface area (Å²) < 4.78 is 0.